The lowest BCUT2D eigenvalue weighted by molar-refractivity contribution is 0.602. The van der Waals surface area contributed by atoms with E-state index in [0.717, 1.165) is 17.0 Å². The molecule has 0 aliphatic carbocycles. The summed E-state index contributed by atoms with van der Waals surface area (Å²) in [4.78, 5) is 4.72. The lowest BCUT2D eigenvalue weighted by Crippen LogP contribution is -2.15. The number of imidazole rings is 1. The number of benzene rings is 2. The van der Waals surface area contributed by atoms with Gasteiger partial charge in [-0.25, -0.2) is 13.4 Å². The van der Waals surface area contributed by atoms with Gasteiger partial charge in [0, 0.05) is 37.2 Å². The largest absolute Gasteiger partial charge is 0.384 e. The second-order valence-electron chi connectivity index (χ2n) is 6.14. The summed E-state index contributed by atoms with van der Waals surface area (Å²) in [6.45, 7) is 0.562. The summed E-state index contributed by atoms with van der Waals surface area (Å²) in [7, 11) is -3.20. The Morgan fingerprint density at radius 1 is 1.15 bits per heavy atom. The fourth-order valence-corrected chi connectivity index (χ4v) is 3.42. The van der Waals surface area contributed by atoms with E-state index in [1.54, 1.807) is 30.5 Å². The number of rotatable bonds is 6. The molecule has 0 aliphatic heterocycles. The van der Waals surface area contributed by atoms with Crippen LogP contribution in [0.2, 0.25) is 0 Å². The smallest absolute Gasteiger partial charge is 0.175 e. The third-order valence-electron chi connectivity index (χ3n) is 4.16. The van der Waals surface area contributed by atoms with Crippen molar-refractivity contribution in [3.8, 4) is 0 Å². The van der Waals surface area contributed by atoms with Crippen LogP contribution in [0.25, 0.3) is 0 Å². The Kier molecular flexibility index (Phi) is 4.90. The van der Waals surface area contributed by atoms with Crippen molar-refractivity contribution >= 4 is 15.7 Å². The zero-order valence-corrected chi connectivity index (χ0v) is 15.2. The van der Waals surface area contributed by atoms with Crippen LogP contribution < -0.4 is 5.73 Å². The van der Waals surface area contributed by atoms with Gasteiger partial charge in [-0.1, -0.05) is 36.4 Å². The molecule has 3 N–H and O–H groups in total. The normalized spacial score (nSPS) is 11.4. The number of nitrogens with two attached hydrogens (primary N) is 1. The number of hydrogen-bond donors (Lipinski definition) is 2. The molecule has 2 aromatic carbocycles. The van der Waals surface area contributed by atoms with Crippen molar-refractivity contribution < 1.29 is 8.42 Å². The molecular weight excluding hydrogens is 348 g/mol. The first-order valence-electron chi connectivity index (χ1n) is 8.06. The van der Waals surface area contributed by atoms with Crippen LogP contribution in [0, 0.1) is 5.41 Å². The van der Waals surface area contributed by atoms with Crippen molar-refractivity contribution in [2.75, 3.05) is 6.26 Å². The Hall–Kier alpha value is -2.93. The van der Waals surface area contributed by atoms with E-state index in [-0.39, 0.29) is 5.84 Å². The molecule has 0 aliphatic rings. The highest BCUT2D eigenvalue weighted by atomic mass is 32.2. The Morgan fingerprint density at radius 2 is 1.85 bits per heavy atom. The predicted octanol–water partition coefficient (Wildman–Crippen LogP) is 2.21. The molecule has 0 unspecified atom stereocenters. The van der Waals surface area contributed by atoms with Gasteiger partial charge in [0.05, 0.1) is 4.90 Å². The van der Waals surface area contributed by atoms with E-state index in [0.29, 0.717) is 23.4 Å². The van der Waals surface area contributed by atoms with Gasteiger partial charge in [0.1, 0.15) is 11.7 Å². The minimum absolute atomic E-state index is 0.0404. The summed E-state index contributed by atoms with van der Waals surface area (Å²) in [5.41, 5.74) is 8.30. The average molecular weight is 368 g/mol. The summed E-state index contributed by atoms with van der Waals surface area (Å²) < 4.78 is 25.1. The summed E-state index contributed by atoms with van der Waals surface area (Å²) in [5, 5.41) is 7.71. The first-order chi connectivity index (χ1) is 12.3. The number of nitrogens with one attached hydrogen (secondary N) is 1. The van der Waals surface area contributed by atoms with Gasteiger partial charge in [-0.15, -0.1) is 0 Å². The van der Waals surface area contributed by atoms with E-state index in [9.17, 15) is 8.42 Å². The molecule has 0 fully saturated rings. The van der Waals surface area contributed by atoms with Crippen LogP contribution in [0.5, 0.6) is 0 Å². The summed E-state index contributed by atoms with van der Waals surface area (Å²) in [6.07, 6.45) is 5.40. The molecule has 0 atom stereocenters. The second-order valence-corrected chi connectivity index (χ2v) is 8.15. The molecule has 3 rings (SSSR count). The molecule has 0 spiro atoms. The predicted molar refractivity (Wildman–Crippen MR) is 101 cm³/mol. The third kappa shape index (κ3) is 4.00. The van der Waals surface area contributed by atoms with Crippen LogP contribution in [-0.2, 0) is 22.8 Å². The van der Waals surface area contributed by atoms with E-state index in [1.165, 1.54) is 6.26 Å². The standard InChI is InChI=1S/C19H20N4O2S/c1-26(24,25)16-8-6-14(7-9-16)12-18-22-10-11-23(18)13-15-4-2-3-5-17(15)19(20)21/h2-11H,12-13H2,1H3,(H3,20,21). The van der Waals surface area contributed by atoms with E-state index >= 15 is 0 Å². The van der Waals surface area contributed by atoms with E-state index in [1.807, 2.05) is 35.0 Å². The molecule has 1 heterocycles. The van der Waals surface area contributed by atoms with Gasteiger partial charge in [0.2, 0.25) is 0 Å². The highest BCUT2D eigenvalue weighted by Gasteiger charge is 2.10. The highest BCUT2D eigenvalue weighted by Crippen LogP contribution is 2.16. The van der Waals surface area contributed by atoms with Crippen LogP contribution in [0.4, 0.5) is 0 Å². The SMILES string of the molecule is CS(=O)(=O)c1ccc(Cc2nccn2Cc2ccccc2C(=N)N)cc1. The zero-order valence-electron chi connectivity index (χ0n) is 14.4. The first-order valence-corrected chi connectivity index (χ1v) is 9.95. The summed E-state index contributed by atoms with van der Waals surface area (Å²) in [6, 6.07) is 14.4. The Balaban J connectivity index is 1.83. The van der Waals surface area contributed by atoms with Crippen molar-refractivity contribution in [3.63, 3.8) is 0 Å². The molecule has 134 valence electrons. The molecule has 0 saturated carbocycles. The van der Waals surface area contributed by atoms with Crippen molar-refractivity contribution in [2.45, 2.75) is 17.9 Å². The first kappa shape index (κ1) is 17.9. The van der Waals surface area contributed by atoms with Crippen LogP contribution in [0.15, 0.2) is 65.8 Å². The Labute approximate surface area is 152 Å². The maximum Gasteiger partial charge on any atom is 0.175 e. The number of sulfone groups is 1. The van der Waals surface area contributed by atoms with Gasteiger partial charge in [-0.2, -0.15) is 0 Å². The zero-order chi connectivity index (χ0) is 18.7. The Morgan fingerprint density at radius 3 is 2.50 bits per heavy atom. The molecule has 7 heteroatoms. The number of amidine groups is 1. The average Bonchev–Trinajstić information content (AvgIpc) is 3.02. The monoisotopic (exact) mass is 368 g/mol. The van der Waals surface area contributed by atoms with Gasteiger partial charge in [-0.3, -0.25) is 5.41 Å². The number of nitrogens with zero attached hydrogens (tertiary/aromatic N) is 2. The van der Waals surface area contributed by atoms with Crippen LogP contribution in [-0.4, -0.2) is 30.1 Å². The highest BCUT2D eigenvalue weighted by molar-refractivity contribution is 7.90. The quantitative estimate of drug-likeness (QED) is 0.514. The minimum Gasteiger partial charge on any atom is -0.384 e. The fourth-order valence-electron chi connectivity index (χ4n) is 2.79. The van der Waals surface area contributed by atoms with Crippen molar-refractivity contribution in [3.05, 3.63) is 83.4 Å². The van der Waals surface area contributed by atoms with E-state index in [4.69, 9.17) is 11.1 Å². The lowest BCUT2D eigenvalue weighted by atomic mass is 10.1. The number of nitrogen functional groups attached to an aromatic ring is 1. The fraction of sp³-hybridized carbons (Fsp3) is 0.158. The topological polar surface area (TPSA) is 102 Å². The van der Waals surface area contributed by atoms with Gasteiger partial charge in [0.25, 0.3) is 0 Å². The van der Waals surface area contributed by atoms with Crippen molar-refractivity contribution in [2.24, 2.45) is 5.73 Å². The number of aromatic nitrogens is 2. The molecule has 0 radical (unpaired) electrons. The van der Waals surface area contributed by atoms with Crippen molar-refractivity contribution in [1.82, 2.24) is 9.55 Å². The van der Waals surface area contributed by atoms with E-state index in [2.05, 4.69) is 4.98 Å². The van der Waals surface area contributed by atoms with Gasteiger partial charge < -0.3 is 10.3 Å². The maximum absolute atomic E-state index is 11.6. The minimum atomic E-state index is -3.20. The van der Waals surface area contributed by atoms with Crippen LogP contribution in [0.1, 0.15) is 22.5 Å². The molecule has 26 heavy (non-hydrogen) atoms. The second kappa shape index (κ2) is 7.13. The number of hydrogen-bond acceptors (Lipinski definition) is 4. The summed E-state index contributed by atoms with van der Waals surface area (Å²) in [5.74, 6) is 0.897. The maximum atomic E-state index is 11.6. The molecule has 3 aromatic rings. The molecular formula is C19H20N4O2S. The van der Waals surface area contributed by atoms with Crippen molar-refractivity contribution in [1.29, 1.82) is 5.41 Å². The molecule has 0 bridgehead atoms. The summed E-state index contributed by atoms with van der Waals surface area (Å²) >= 11 is 0. The molecule has 0 amide bonds. The Bertz CT molecular complexity index is 1040. The third-order valence-corrected chi connectivity index (χ3v) is 5.29. The van der Waals surface area contributed by atoms with Crippen LogP contribution >= 0.6 is 0 Å². The molecule has 6 nitrogen and oxygen atoms in total. The van der Waals surface area contributed by atoms with Crippen LogP contribution in [0.3, 0.4) is 0 Å². The lowest BCUT2D eigenvalue weighted by Gasteiger charge is -2.12. The van der Waals surface area contributed by atoms with Gasteiger partial charge in [0.15, 0.2) is 9.84 Å². The van der Waals surface area contributed by atoms with Gasteiger partial charge >= 0.3 is 0 Å². The molecule has 0 saturated heterocycles. The van der Waals surface area contributed by atoms with E-state index < -0.39 is 9.84 Å². The van der Waals surface area contributed by atoms with Gasteiger partial charge in [-0.05, 0) is 23.3 Å². The molecule has 1 aromatic heterocycles.